The van der Waals surface area contributed by atoms with Gasteiger partial charge in [0.2, 0.25) is 0 Å². The van der Waals surface area contributed by atoms with Crippen molar-refractivity contribution in [2.75, 3.05) is 46.5 Å². The second-order valence-corrected chi connectivity index (χ2v) is 21.1. The van der Waals surface area contributed by atoms with Crippen LogP contribution in [0.2, 0.25) is 0 Å². The Balaban J connectivity index is 0.900. The molecule has 6 aromatic carbocycles. The fourth-order valence-electron chi connectivity index (χ4n) is 9.95. The number of rotatable bonds is 26. The Bertz CT molecular complexity index is 4560. The van der Waals surface area contributed by atoms with Crippen LogP contribution in [0.25, 0.3) is 56.6 Å². The summed E-state index contributed by atoms with van der Waals surface area (Å²) < 4.78 is 38.2. The highest BCUT2D eigenvalue weighted by atomic mass is 16.5. The number of carbonyl (C=O) groups excluding carboxylic acids is 6. The minimum atomic E-state index is -0.643. The smallest absolute Gasteiger partial charge is 0.338 e. The zero-order valence-corrected chi connectivity index (χ0v) is 52.8. The molecule has 0 amide bonds. The Labute approximate surface area is 551 Å². The summed E-state index contributed by atoms with van der Waals surface area (Å²) in [4.78, 5) is 78.5. The van der Waals surface area contributed by atoms with Gasteiger partial charge in [-0.15, -0.1) is 25.5 Å². The van der Waals surface area contributed by atoms with Crippen LogP contribution in [-0.2, 0) is 48.1 Å². The van der Waals surface area contributed by atoms with Crippen molar-refractivity contribution in [2.45, 2.75) is 40.4 Å². The van der Waals surface area contributed by atoms with Gasteiger partial charge in [-0.1, -0.05) is 62.5 Å². The summed E-state index contributed by atoms with van der Waals surface area (Å²) in [5, 5.41) is 51.3. The van der Waals surface area contributed by atoms with E-state index >= 15 is 0 Å². The van der Waals surface area contributed by atoms with Gasteiger partial charge in [0.1, 0.15) is 17.1 Å². The minimum Gasteiger partial charge on any atom is -0.465 e. The van der Waals surface area contributed by atoms with E-state index in [1.807, 2.05) is 4.90 Å². The topological polar surface area (TPSA) is 363 Å². The fourth-order valence-corrected chi connectivity index (χ4v) is 9.95. The van der Waals surface area contributed by atoms with Gasteiger partial charge in [0, 0.05) is 48.2 Å². The third-order valence-electron chi connectivity index (χ3n) is 14.6. The number of hydrogen-bond acceptors (Lipinski definition) is 26. The molecule has 0 bridgehead atoms. The molecule has 31 heteroatoms. The number of hydrogen-bond donors (Lipinski definition) is 2. The average Bonchev–Trinajstić information content (AvgIpc) is 1.74. The number of methoxy groups -OCH3 is 3. The normalized spacial score (nSPS) is 11.3. The lowest BCUT2D eigenvalue weighted by Crippen LogP contribution is -2.23. The van der Waals surface area contributed by atoms with Crippen molar-refractivity contribution in [3.63, 3.8) is 0 Å². The second kappa shape index (κ2) is 29.7. The standard InChI is InChI=1S/C66H59N19O12/c1-7-95-64(89)43-16-10-40(11-17-43)58(69-67)31-68-49-22-46(61(86)92-4)23-53(28-49)81-35-50(70-75-81)32-80(33-51-36-82(76-71-51)54-24-47(62(87)93-5)26-56(29-54)84-38-59(73-78-84)41-12-18-44(19-13-41)65(90)96-8-2)34-52-37-83(77-72-52)55-25-48(63(88)94-6)27-57(30-55)85-39-60(74-79-85)42-14-20-45(21-15-42)66(91)97-9-3/h10-31,35-39,67-68H,7-9,32-34H2,1-6H3/b58-31-,69-67?. The Morgan fingerprint density at radius 1 is 0.412 bits per heavy atom. The summed E-state index contributed by atoms with van der Waals surface area (Å²) in [7, 11) is 3.79. The van der Waals surface area contributed by atoms with E-state index in [0.29, 0.717) is 96.0 Å². The highest BCUT2D eigenvalue weighted by Gasteiger charge is 2.22. The van der Waals surface area contributed by atoms with Crippen LogP contribution in [0.5, 0.6) is 0 Å². The van der Waals surface area contributed by atoms with Gasteiger partial charge in [-0.3, -0.25) is 4.90 Å². The molecule has 0 saturated heterocycles. The molecule has 31 nitrogen and oxygen atoms in total. The predicted molar refractivity (Wildman–Crippen MR) is 343 cm³/mol. The average molecular weight is 1310 g/mol. The van der Waals surface area contributed by atoms with Crippen molar-refractivity contribution < 1.29 is 57.2 Å². The molecule has 0 atom stereocenters. The summed E-state index contributed by atoms with van der Waals surface area (Å²) in [6, 6.07) is 34.5. The maximum absolute atomic E-state index is 13.2. The largest absolute Gasteiger partial charge is 0.465 e. The van der Waals surface area contributed by atoms with Crippen molar-refractivity contribution >= 4 is 47.2 Å². The number of aromatic nitrogens is 15. The van der Waals surface area contributed by atoms with Gasteiger partial charge in [0.25, 0.3) is 0 Å². The van der Waals surface area contributed by atoms with E-state index in [0.717, 1.165) is 0 Å². The lowest BCUT2D eigenvalue weighted by molar-refractivity contribution is 0.0517. The summed E-state index contributed by atoms with van der Waals surface area (Å²) in [6.07, 6.45) is 9.86. The molecule has 11 rings (SSSR count). The zero-order valence-electron chi connectivity index (χ0n) is 52.8. The minimum absolute atomic E-state index is 0.109. The zero-order chi connectivity index (χ0) is 68.1. The van der Waals surface area contributed by atoms with Crippen molar-refractivity contribution in [1.29, 1.82) is 5.53 Å². The van der Waals surface area contributed by atoms with Gasteiger partial charge >= 0.3 is 35.8 Å². The number of esters is 6. The third-order valence-corrected chi connectivity index (χ3v) is 14.6. The van der Waals surface area contributed by atoms with Crippen LogP contribution in [0, 0.1) is 5.53 Å². The van der Waals surface area contributed by atoms with E-state index in [4.69, 9.17) is 34.0 Å². The second-order valence-electron chi connectivity index (χ2n) is 21.1. The lowest BCUT2D eigenvalue weighted by atomic mass is 10.1. The molecule has 0 saturated carbocycles. The summed E-state index contributed by atoms with van der Waals surface area (Å²) in [5.41, 5.74) is 16.4. The van der Waals surface area contributed by atoms with Crippen LogP contribution in [-0.4, -0.2) is 157 Å². The number of nitrogens with zero attached hydrogens (tertiary/aromatic N) is 17. The predicted octanol–water partition coefficient (Wildman–Crippen LogP) is 8.46. The van der Waals surface area contributed by atoms with Crippen molar-refractivity contribution in [1.82, 2.24) is 79.9 Å². The van der Waals surface area contributed by atoms with Gasteiger partial charge in [0.15, 0.2) is 0 Å². The molecule has 0 aliphatic heterocycles. The Kier molecular flexibility index (Phi) is 20.0. The number of ether oxygens (including phenoxy) is 6. The van der Waals surface area contributed by atoms with E-state index in [9.17, 15) is 28.8 Å². The van der Waals surface area contributed by atoms with Gasteiger partial charge < -0.3 is 33.7 Å². The number of benzene rings is 6. The van der Waals surface area contributed by atoms with E-state index in [1.165, 1.54) is 50.9 Å². The number of anilines is 1. The Morgan fingerprint density at radius 2 is 0.732 bits per heavy atom. The maximum atomic E-state index is 13.2. The van der Waals surface area contributed by atoms with Crippen LogP contribution in [0.1, 0.15) is 106 Å². The molecule has 2 N–H and O–H groups in total. The van der Waals surface area contributed by atoms with E-state index < -0.39 is 35.8 Å². The van der Waals surface area contributed by atoms with Gasteiger partial charge in [-0.05, 0) is 112 Å². The van der Waals surface area contributed by atoms with E-state index in [-0.39, 0.29) is 61.8 Å². The number of nitrogens with one attached hydrogen (secondary N) is 2. The number of carbonyl (C=O) groups is 6. The first kappa shape index (κ1) is 65.4. The first-order chi connectivity index (χ1) is 47.1. The molecule has 0 spiro atoms. The van der Waals surface area contributed by atoms with E-state index in [1.54, 1.807) is 179 Å². The van der Waals surface area contributed by atoms with Crippen LogP contribution in [0.3, 0.4) is 0 Å². The maximum Gasteiger partial charge on any atom is 0.338 e. The third kappa shape index (κ3) is 15.4. The molecule has 0 radical (unpaired) electrons. The van der Waals surface area contributed by atoms with Crippen LogP contribution in [0.4, 0.5) is 5.69 Å². The van der Waals surface area contributed by atoms with Gasteiger partial charge in [-0.25, -0.2) is 57.7 Å². The highest BCUT2D eigenvalue weighted by Crippen LogP contribution is 2.27. The van der Waals surface area contributed by atoms with Crippen LogP contribution in [0.15, 0.2) is 170 Å². The Morgan fingerprint density at radius 3 is 1.08 bits per heavy atom. The molecule has 11 aromatic rings. The van der Waals surface area contributed by atoms with Crippen molar-refractivity contribution in [2.24, 2.45) is 5.11 Å². The fraction of sp³-hybridized carbons (Fsp3) is 0.182. The van der Waals surface area contributed by atoms with Gasteiger partial charge in [-0.2, -0.15) is 5.11 Å². The molecule has 0 fully saturated rings. The molecule has 5 aromatic heterocycles. The molecule has 0 aliphatic rings. The highest BCUT2D eigenvalue weighted by molar-refractivity contribution is 5.94. The molecular weight excluding hydrogens is 1250 g/mol. The SMILES string of the molecule is CCOC(=O)c1ccc(/C(=C/Nc2cc(C(=O)OC)cc(-n3cc(CN(Cc4cn(-c5cc(C(=O)OC)cc(-n6cc(-c7ccc(C(=O)OCC)cc7)nn6)c5)nn4)Cc4cn(-c5cc(C(=O)OC)cc(-n6cc(-c7ccc(C(=O)OCC)cc7)nn6)c5)nn4)nn3)c2)N=N)cc1. The van der Waals surface area contributed by atoms with Crippen molar-refractivity contribution in [3.8, 4) is 51.0 Å². The monoisotopic (exact) mass is 1310 g/mol. The van der Waals surface area contributed by atoms with E-state index in [2.05, 4.69) is 62.0 Å². The Hall–Kier alpha value is -13.1. The van der Waals surface area contributed by atoms with Gasteiger partial charge in [0.05, 0.1) is 151 Å². The first-order valence-corrected chi connectivity index (χ1v) is 29.8. The summed E-state index contributed by atoms with van der Waals surface area (Å²) in [6.45, 7) is 6.19. The molecule has 0 aliphatic carbocycles. The first-order valence-electron chi connectivity index (χ1n) is 29.8. The molecular formula is C66H59N19O12. The molecule has 490 valence electrons. The summed E-state index contributed by atoms with van der Waals surface area (Å²) >= 11 is 0. The quantitative estimate of drug-likeness (QED) is 0.0291. The van der Waals surface area contributed by atoms with Crippen molar-refractivity contribution in [3.05, 3.63) is 221 Å². The summed E-state index contributed by atoms with van der Waals surface area (Å²) in [5.74, 6) is -3.29. The molecule has 97 heavy (non-hydrogen) atoms. The molecule has 0 unspecified atom stereocenters. The van der Waals surface area contributed by atoms with Crippen LogP contribution >= 0.6 is 0 Å². The lowest BCUT2D eigenvalue weighted by Gasteiger charge is -2.18. The molecule has 5 heterocycles. The van der Waals surface area contributed by atoms with Crippen LogP contribution < -0.4 is 5.32 Å².